The van der Waals surface area contributed by atoms with E-state index in [-0.39, 0.29) is 6.61 Å². The molecule has 0 spiro atoms. The molecule has 0 fully saturated rings. The number of carbonyl (C=O) groups excluding carboxylic acids is 1. The summed E-state index contributed by atoms with van der Waals surface area (Å²) in [4.78, 5) is 17.4. The third-order valence-corrected chi connectivity index (χ3v) is 6.33. The second-order valence-corrected chi connectivity index (χ2v) is 10.7. The second-order valence-electron chi connectivity index (χ2n) is 8.24. The van der Waals surface area contributed by atoms with E-state index in [2.05, 4.69) is 25.6 Å². The molecule has 13 heteroatoms. The van der Waals surface area contributed by atoms with Gasteiger partial charge in [-0.2, -0.15) is 4.52 Å². The highest BCUT2D eigenvalue weighted by Crippen LogP contribution is 2.33. The van der Waals surface area contributed by atoms with Crippen molar-refractivity contribution in [2.45, 2.75) is 48.9 Å². The van der Waals surface area contributed by atoms with E-state index >= 15 is 0 Å². The van der Waals surface area contributed by atoms with Crippen molar-refractivity contribution < 1.29 is 19.4 Å². The van der Waals surface area contributed by atoms with Crippen LogP contribution < -0.4 is 10.1 Å². The number of aromatic nitrogens is 5. The zero-order valence-corrected chi connectivity index (χ0v) is 21.1. The standard InChI is InChI=1S/C21H23ClN6O4S2/c1-21(2,3)32-20(30)24-18-23-14-5-4-13(10-15(14)34-18)33-19-26-25-16-6-7-17(27-28(16)19)31-11-12(29)8-9-22/h4-7,10,12,29H,8-9,11H2,1-3H3,(H,23,24,30). The lowest BCUT2D eigenvalue weighted by Crippen LogP contribution is -2.27. The van der Waals surface area contributed by atoms with Gasteiger partial charge in [0.15, 0.2) is 10.8 Å². The summed E-state index contributed by atoms with van der Waals surface area (Å²) in [6.07, 6.45) is -0.770. The number of aliphatic hydroxyl groups is 1. The van der Waals surface area contributed by atoms with Crippen LogP contribution >= 0.6 is 34.7 Å². The minimum atomic E-state index is -0.661. The zero-order chi connectivity index (χ0) is 24.3. The topological polar surface area (TPSA) is 124 Å². The minimum absolute atomic E-state index is 0.0948. The average molecular weight is 523 g/mol. The van der Waals surface area contributed by atoms with Crippen molar-refractivity contribution in [1.82, 2.24) is 24.8 Å². The molecule has 0 bridgehead atoms. The van der Waals surface area contributed by atoms with Gasteiger partial charge in [-0.15, -0.1) is 26.9 Å². The van der Waals surface area contributed by atoms with Crippen LogP contribution in [0.1, 0.15) is 27.2 Å². The molecule has 1 amide bonds. The molecule has 0 aliphatic carbocycles. The molecule has 1 unspecified atom stereocenters. The van der Waals surface area contributed by atoms with Gasteiger partial charge in [0.1, 0.15) is 12.2 Å². The van der Waals surface area contributed by atoms with E-state index in [1.54, 1.807) is 37.4 Å². The summed E-state index contributed by atoms with van der Waals surface area (Å²) >= 11 is 8.37. The molecular weight excluding hydrogens is 500 g/mol. The number of nitrogens with one attached hydrogen (secondary N) is 1. The third kappa shape index (κ3) is 6.26. The number of ether oxygens (including phenoxy) is 2. The molecule has 0 saturated carbocycles. The molecule has 10 nitrogen and oxygen atoms in total. The molecule has 0 aliphatic heterocycles. The number of nitrogens with zero attached hydrogens (tertiary/aromatic N) is 5. The van der Waals surface area contributed by atoms with Gasteiger partial charge in [0, 0.05) is 16.8 Å². The average Bonchev–Trinajstić information content (AvgIpc) is 3.34. The SMILES string of the molecule is CC(C)(C)OC(=O)Nc1nc2ccc(Sc3nnc4ccc(OCC(O)CCCl)nn34)cc2s1. The summed E-state index contributed by atoms with van der Waals surface area (Å²) in [5, 5.41) is 26.3. The number of alkyl halides is 1. The summed E-state index contributed by atoms with van der Waals surface area (Å²) in [6, 6.07) is 9.16. The van der Waals surface area contributed by atoms with Crippen molar-refractivity contribution in [3.63, 3.8) is 0 Å². The van der Waals surface area contributed by atoms with Gasteiger partial charge < -0.3 is 14.6 Å². The highest BCUT2D eigenvalue weighted by Gasteiger charge is 2.18. The molecule has 0 saturated heterocycles. The van der Waals surface area contributed by atoms with E-state index in [0.717, 1.165) is 15.1 Å². The van der Waals surface area contributed by atoms with Crippen molar-refractivity contribution in [2.24, 2.45) is 0 Å². The Bertz CT molecular complexity index is 1310. The molecule has 0 aliphatic rings. The van der Waals surface area contributed by atoms with Gasteiger partial charge in [-0.05, 0) is 63.2 Å². The Morgan fingerprint density at radius 3 is 2.88 bits per heavy atom. The fourth-order valence-corrected chi connectivity index (χ4v) is 4.85. The summed E-state index contributed by atoms with van der Waals surface area (Å²) in [6.45, 7) is 5.50. The lowest BCUT2D eigenvalue weighted by molar-refractivity contribution is 0.0636. The third-order valence-electron chi connectivity index (χ3n) is 4.25. The Kier molecular flexibility index (Phi) is 7.41. The molecule has 3 aromatic heterocycles. The Morgan fingerprint density at radius 2 is 2.12 bits per heavy atom. The molecule has 34 heavy (non-hydrogen) atoms. The number of halogens is 1. The van der Waals surface area contributed by atoms with Crippen LogP contribution in [0.5, 0.6) is 5.88 Å². The molecule has 1 atom stereocenters. The van der Waals surface area contributed by atoms with Gasteiger partial charge in [0.05, 0.1) is 16.3 Å². The number of benzene rings is 1. The first kappa shape index (κ1) is 24.5. The lowest BCUT2D eigenvalue weighted by Gasteiger charge is -2.18. The first-order valence-electron chi connectivity index (χ1n) is 10.4. The molecule has 4 aromatic rings. The molecule has 3 heterocycles. The monoisotopic (exact) mass is 522 g/mol. The van der Waals surface area contributed by atoms with Crippen molar-refractivity contribution in [2.75, 3.05) is 17.8 Å². The molecule has 1 aromatic carbocycles. The van der Waals surface area contributed by atoms with Crippen molar-refractivity contribution in [3.05, 3.63) is 30.3 Å². The maximum Gasteiger partial charge on any atom is 0.413 e. The number of rotatable bonds is 8. The summed E-state index contributed by atoms with van der Waals surface area (Å²) in [7, 11) is 0. The number of aliphatic hydroxyl groups excluding tert-OH is 1. The van der Waals surface area contributed by atoms with Crippen LogP contribution in [0.15, 0.2) is 40.4 Å². The fourth-order valence-electron chi connectivity index (χ4n) is 2.80. The maximum atomic E-state index is 12.0. The van der Waals surface area contributed by atoms with Gasteiger partial charge in [-0.3, -0.25) is 5.32 Å². The molecule has 4 rings (SSSR count). The Hall–Kier alpha value is -2.67. The Labute approximate surface area is 208 Å². The highest BCUT2D eigenvalue weighted by atomic mass is 35.5. The largest absolute Gasteiger partial charge is 0.474 e. The van der Waals surface area contributed by atoms with Gasteiger partial charge >= 0.3 is 6.09 Å². The van der Waals surface area contributed by atoms with Gasteiger partial charge in [-0.1, -0.05) is 11.3 Å². The highest BCUT2D eigenvalue weighted by molar-refractivity contribution is 7.99. The van der Waals surface area contributed by atoms with E-state index in [0.29, 0.717) is 34.1 Å². The fraction of sp³-hybridized carbons (Fsp3) is 0.381. The van der Waals surface area contributed by atoms with Gasteiger partial charge in [0.2, 0.25) is 11.0 Å². The first-order valence-corrected chi connectivity index (χ1v) is 12.5. The molecule has 2 N–H and O–H groups in total. The minimum Gasteiger partial charge on any atom is -0.474 e. The van der Waals surface area contributed by atoms with Crippen LogP contribution in [0.3, 0.4) is 0 Å². The van der Waals surface area contributed by atoms with Gasteiger partial charge in [-0.25, -0.2) is 9.78 Å². The van der Waals surface area contributed by atoms with E-state index in [4.69, 9.17) is 21.1 Å². The van der Waals surface area contributed by atoms with Crippen LogP contribution in [0.4, 0.5) is 9.93 Å². The predicted molar refractivity (Wildman–Crippen MR) is 131 cm³/mol. The van der Waals surface area contributed by atoms with Crippen molar-refractivity contribution >= 4 is 61.8 Å². The number of fused-ring (bicyclic) bond motifs is 2. The van der Waals surface area contributed by atoms with Crippen molar-refractivity contribution in [3.8, 4) is 5.88 Å². The summed E-state index contributed by atoms with van der Waals surface area (Å²) < 4.78 is 13.3. The van der Waals surface area contributed by atoms with Crippen LogP contribution in [0, 0.1) is 0 Å². The van der Waals surface area contributed by atoms with E-state index < -0.39 is 17.8 Å². The Balaban J connectivity index is 1.48. The molecular formula is C21H23ClN6O4S2. The summed E-state index contributed by atoms with van der Waals surface area (Å²) in [5.41, 5.74) is 0.740. The Morgan fingerprint density at radius 1 is 1.29 bits per heavy atom. The molecule has 180 valence electrons. The van der Waals surface area contributed by atoms with Crippen LogP contribution in [0.25, 0.3) is 15.9 Å². The van der Waals surface area contributed by atoms with Crippen LogP contribution in [-0.4, -0.2) is 60.2 Å². The second kappa shape index (κ2) is 10.3. The molecule has 0 radical (unpaired) electrons. The normalized spacial score (nSPS) is 12.7. The van der Waals surface area contributed by atoms with E-state index in [9.17, 15) is 9.90 Å². The number of anilines is 1. The predicted octanol–water partition coefficient (Wildman–Crippen LogP) is 4.60. The zero-order valence-electron chi connectivity index (χ0n) is 18.7. The number of carbonyl (C=O) groups is 1. The number of hydrogen-bond donors (Lipinski definition) is 2. The van der Waals surface area contributed by atoms with Crippen LogP contribution in [0.2, 0.25) is 0 Å². The maximum absolute atomic E-state index is 12.0. The van der Waals surface area contributed by atoms with E-state index in [1.807, 2.05) is 18.2 Å². The lowest BCUT2D eigenvalue weighted by atomic mass is 10.2. The van der Waals surface area contributed by atoms with Crippen LogP contribution in [-0.2, 0) is 4.74 Å². The quantitative estimate of drug-likeness (QED) is 0.319. The summed E-state index contributed by atoms with van der Waals surface area (Å²) in [5.74, 6) is 0.699. The smallest absolute Gasteiger partial charge is 0.413 e. The van der Waals surface area contributed by atoms with Crippen molar-refractivity contribution in [1.29, 1.82) is 0 Å². The van der Waals surface area contributed by atoms with E-state index in [1.165, 1.54) is 23.1 Å². The van der Waals surface area contributed by atoms with Gasteiger partial charge in [0.25, 0.3) is 0 Å². The number of hydrogen-bond acceptors (Lipinski definition) is 10. The number of thiazole rings is 1. The number of amides is 1. The first-order chi connectivity index (χ1) is 16.2.